The molecule has 0 fully saturated rings. The number of nitrogens with zero attached hydrogens (tertiary/aromatic N) is 3. The number of hydrogen-bond donors (Lipinski definition) is 2. The topological polar surface area (TPSA) is 120 Å². The molecule has 0 radical (unpaired) electrons. The van der Waals surface area contributed by atoms with Crippen molar-refractivity contribution in [3.05, 3.63) is 44.8 Å². The largest absolute Gasteiger partial charge is 0.440 e. The predicted octanol–water partition coefficient (Wildman–Crippen LogP) is 0.484. The number of anilines is 1. The normalized spacial score (nSPS) is 11.1. The third-order valence-corrected chi connectivity index (χ3v) is 3.78. The summed E-state index contributed by atoms with van der Waals surface area (Å²) < 4.78 is 6.95. The molecule has 0 bridgehead atoms. The van der Waals surface area contributed by atoms with Crippen LogP contribution in [0.3, 0.4) is 0 Å². The van der Waals surface area contributed by atoms with Gasteiger partial charge in [0, 0.05) is 7.05 Å². The van der Waals surface area contributed by atoms with Crippen LogP contribution in [0, 0.1) is 0 Å². The highest BCUT2D eigenvalue weighted by Crippen LogP contribution is 2.25. The average Bonchev–Trinajstić information content (AvgIpc) is 2.86. The zero-order valence-corrected chi connectivity index (χ0v) is 11.8. The first-order chi connectivity index (χ1) is 10.0. The quantitative estimate of drug-likeness (QED) is 0.410. The first-order valence-electron chi connectivity index (χ1n) is 5.98. The minimum atomic E-state index is -0.822. The lowest BCUT2D eigenvalue weighted by atomic mass is 10.3. The van der Waals surface area contributed by atoms with Crippen LogP contribution in [0.1, 0.15) is 5.89 Å². The van der Waals surface area contributed by atoms with Crippen molar-refractivity contribution in [2.45, 2.75) is 10.9 Å². The number of nitrogens with one attached hydrogen (secondary N) is 1. The number of rotatable bonds is 3. The molecular formula is C12H11N5O3S. The van der Waals surface area contributed by atoms with Crippen LogP contribution in [0.2, 0.25) is 0 Å². The van der Waals surface area contributed by atoms with Crippen molar-refractivity contribution in [2.75, 3.05) is 5.73 Å². The summed E-state index contributed by atoms with van der Waals surface area (Å²) in [6.45, 7) is 0. The Morgan fingerprint density at radius 1 is 1.38 bits per heavy atom. The van der Waals surface area contributed by atoms with E-state index in [4.69, 9.17) is 10.2 Å². The minimum Gasteiger partial charge on any atom is -0.440 e. The number of hydrogen-bond acceptors (Lipinski definition) is 7. The van der Waals surface area contributed by atoms with Gasteiger partial charge in [0.05, 0.1) is 11.4 Å². The standard InChI is InChI=1S/C12H11N5O3S/c1-17-12(15-10(18)11(19)16-17)21-5-8-14-9-6(13)3-2-4-7(9)20-8/h2-4H,5,13H2,1H3,(H,16,19). The van der Waals surface area contributed by atoms with Gasteiger partial charge in [0.2, 0.25) is 5.89 Å². The highest BCUT2D eigenvalue weighted by atomic mass is 32.2. The maximum atomic E-state index is 11.3. The monoisotopic (exact) mass is 305 g/mol. The van der Waals surface area contributed by atoms with E-state index in [1.807, 2.05) is 0 Å². The number of nitrogen functional groups attached to an aromatic ring is 1. The number of aryl methyl sites for hydroxylation is 1. The highest BCUT2D eigenvalue weighted by molar-refractivity contribution is 7.98. The lowest BCUT2D eigenvalue weighted by Crippen LogP contribution is -2.33. The Balaban J connectivity index is 1.87. The zero-order valence-electron chi connectivity index (χ0n) is 11.0. The van der Waals surface area contributed by atoms with Crippen LogP contribution in [-0.2, 0) is 12.8 Å². The minimum absolute atomic E-state index is 0.362. The van der Waals surface area contributed by atoms with Crippen LogP contribution < -0.4 is 16.9 Å². The van der Waals surface area contributed by atoms with E-state index < -0.39 is 11.1 Å². The SMILES string of the molecule is Cn1[nH]c(=O)c(=O)nc1SCc1nc2c(N)cccc2o1. The number of H-pyrrole nitrogens is 1. The molecule has 3 N–H and O–H groups in total. The second-order valence-corrected chi connectivity index (χ2v) is 5.23. The van der Waals surface area contributed by atoms with E-state index in [1.54, 1.807) is 25.2 Å². The van der Waals surface area contributed by atoms with Gasteiger partial charge in [-0.25, -0.2) is 4.98 Å². The predicted molar refractivity (Wildman–Crippen MR) is 78.1 cm³/mol. The summed E-state index contributed by atoms with van der Waals surface area (Å²) in [6.07, 6.45) is 0. The summed E-state index contributed by atoms with van der Waals surface area (Å²) in [5, 5.41) is 2.74. The number of thioether (sulfide) groups is 1. The van der Waals surface area contributed by atoms with Gasteiger partial charge < -0.3 is 10.2 Å². The summed E-state index contributed by atoms with van der Waals surface area (Å²) in [5.41, 5.74) is 5.99. The number of benzene rings is 1. The van der Waals surface area contributed by atoms with Crippen molar-refractivity contribution < 1.29 is 4.42 Å². The van der Waals surface area contributed by atoms with E-state index in [0.29, 0.717) is 33.6 Å². The van der Waals surface area contributed by atoms with Crippen molar-refractivity contribution in [3.8, 4) is 0 Å². The molecule has 9 heteroatoms. The molecule has 21 heavy (non-hydrogen) atoms. The van der Waals surface area contributed by atoms with Crippen LogP contribution in [0.25, 0.3) is 11.1 Å². The molecule has 0 saturated carbocycles. The van der Waals surface area contributed by atoms with Crippen LogP contribution >= 0.6 is 11.8 Å². The first-order valence-corrected chi connectivity index (χ1v) is 6.97. The Kier molecular flexibility index (Phi) is 3.26. The number of aromatic amines is 1. The van der Waals surface area contributed by atoms with Gasteiger partial charge in [-0.15, -0.1) is 0 Å². The van der Waals surface area contributed by atoms with Gasteiger partial charge in [0.25, 0.3) is 0 Å². The molecule has 0 aliphatic carbocycles. The Labute approximate surface area is 122 Å². The molecule has 2 aromatic heterocycles. The lowest BCUT2D eigenvalue weighted by Gasteiger charge is -2.03. The van der Waals surface area contributed by atoms with Gasteiger partial charge in [0.1, 0.15) is 5.52 Å². The second-order valence-electron chi connectivity index (χ2n) is 4.29. The summed E-state index contributed by atoms with van der Waals surface area (Å²) in [4.78, 5) is 30.4. The van der Waals surface area contributed by atoms with Crippen molar-refractivity contribution in [2.24, 2.45) is 7.05 Å². The van der Waals surface area contributed by atoms with Crippen LogP contribution in [0.4, 0.5) is 5.69 Å². The fourth-order valence-corrected chi connectivity index (χ4v) is 2.56. The van der Waals surface area contributed by atoms with E-state index in [-0.39, 0.29) is 0 Å². The second kappa shape index (κ2) is 5.09. The van der Waals surface area contributed by atoms with Gasteiger partial charge in [0.15, 0.2) is 10.7 Å². The van der Waals surface area contributed by atoms with Crippen LogP contribution in [0.5, 0.6) is 0 Å². The molecule has 108 valence electrons. The van der Waals surface area contributed by atoms with E-state index in [2.05, 4.69) is 15.1 Å². The van der Waals surface area contributed by atoms with E-state index in [9.17, 15) is 9.59 Å². The third kappa shape index (κ3) is 2.55. The summed E-state index contributed by atoms with van der Waals surface area (Å²) in [7, 11) is 1.60. The molecule has 2 heterocycles. The number of para-hydroxylation sites is 1. The van der Waals surface area contributed by atoms with Crippen molar-refractivity contribution in [1.29, 1.82) is 0 Å². The van der Waals surface area contributed by atoms with Gasteiger partial charge in [-0.05, 0) is 12.1 Å². The summed E-state index contributed by atoms with van der Waals surface area (Å²) in [6, 6.07) is 5.31. The molecular weight excluding hydrogens is 294 g/mol. The number of aromatic nitrogens is 4. The number of oxazole rings is 1. The van der Waals surface area contributed by atoms with Gasteiger partial charge in [-0.1, -0.05) is 17.8 Å². The Bertz CT molecular complexity index is 927. The van der Waals surface area contributed by atoms with Crippen molar-refractivity contribution >= 4 is 28.5 Å². The highest BCUT2D eigenvalue weighted by Gasteiger charge is 2.10. The molecule has 3 aromatic rings. The van der Waals surface area contributed by atoms with Gasteiger partial charge in [-0.3, -0.25) is 19.4 Å². The third-order valence-electron chi connectivity index (χ3n) is 2.77. The summed E-state index contributed by atoms with van der Waals surface area (Å²) in [5.74, 6) is 0.828. The fourth-order valence-electron chi connectivity index (χ4n) is 1.79. The molecule has 0 saturated heterocycles. The Morgan fingerprint density at radius 2 is 2.19 bits per heavy atom. The van der Waals surface area contributed by atoms with Crippen molar-refractivity contribution in [3.63, 3.8) is 0 Å². The average molecular weight is 305 g/mol. The number of nitrogens with two attached hydrogens (primary N) is 1. The molecule has 0 amide bonds. The van der Waals surface area contributed by atoms with Gasteiger partial charge >= 0.3 is 11.1 Å². The van der Waals surface area contributed by atoms with Crippen LogP contribution in [0.15, 0.2) is 37.4 Å². The molecule has 0 spiro atoms. The molecule has 0 aliphatic rings. The number of fused-ring (bicyclic) bond motifs is 1. The Hall–Kier alpha value is -2.55. The molecule has 3 rings (SSSR count). The molecule has 0 unspecified atom stereocenters. The molecule has 0 aliphatic heterocycles. The fraction of sp³-hybridized carbons (Fsp3) is 0.167. The maximum absolute atomic E-state index is 11.3. The summed E-state index contributed by atoms with van der Waals surface area (Å²) >= 11 is 1.23. The smallest absolute Gasteiger partial charge is 0.339 e. The van der Waals surface area contributed by atoms with Gasteiger partial charge in [-0.2, -0.15) is 4.98 Å². The van der Waals surface area contributed by atoms with E-state index in [0.717, 1.165) is 0 Å². The van der Waals surface area contributed by atoms with E-state index >= 15 is 0 Å². The molecule has 8 nitrogen and oxygen atoms in total. The van der Waals surface area contributed by atoms with Crippen LogP contribution in [-0.4, -0.2) is 19.7 Å². The first kappa shape index (κ1) is 13.4. The molecule has 1 aromatic carbocycles. The zero-order chi connectivity index (χ0) is 15.0. The molecule has 0 atom stereocenters. The van der Waals surface area contributed by atoms with E-state index in [1.165, 1.54) is 16.4 Å². The Morgan fingerprint density at radius 3 is 2.95 bits per heavy atom. The maximum Gasteiger partial charge on any atom is 0.339 e. The van der Waals surface area contributed by atoms with Crippen molar-refractivity contribution in [1.82, 2.24) is 19.7 Å². The lowest BCUT2D eigenvalue weighted by molar-refractivity contribution is 0.553.